The Hall–Kier alpha value is -0.930. The largest absolute Gasteiger partial charge is 0.507 e. The fourth-order valence-electron chi connectivity index (χ4n) is 1.37. The zero-order chi connectivity index (χ0) is 12.8. The molecule has 2 nitrogen and oxygen atoms in total. The second-order valence-electron chi connectivity index (χ2n) is 3.69. The first-order chi connectivity index (χ1) is 8.00. The van der Waals surface area contributed by atoms with Gasteiger partial charge in [-0.15, -0.1) is 0 Å². The smallest absolute Gasteiger partial charge is 0.185 e. The molecule has 0 bridgehead atoms. The van der Waals surface area contributed by atoms with Crippen molar-refractivity contribution in [2.24, 2.45) is 0 Å². The molecule has 0 aliphatic rings. The average Bonchev–Trinajstić information content (AvgIpc) is 2.23. The molecule has 0 saturated carbocycles. The molecule has 1 aromatic carbocycles. The second kappa shape index (κ2) is 6.72. The quantitative estimate of drug-likeness (QED) is 0.839. The molecule has 0 amide bonds. The summed E-state index contributed by atoms with van der Waals surface area (Å²) in [5.74, 6) is 1.01. The van der Waals surface area contributed by atoms with Crippen LogP contribution in [0.3, 0.4) is 0 Å². The highest BCUT2D eigenvalue weighted by Gasteiger charge is 2.03. The molecule has 1 aromatic rings. The van der Waals surface area contributed by atoms with Gasteiger partial charge in [0.2, 0.25) is 0 Å². The Kier molecular flexibility index (Phi) is 5.59. The molecule has 0 aromatic heterocycles. The van der Waals surface area contributed by atoms with Crippen molar-refractivity contribution >= 4 is 34.6 Å². The Bertz CT molecular complexity index is 441. The van der Waals surface area contributed by atoms with E-state index in [4.69, 9.17) is 11.6 Å². The van der Waals surface area contributed by atoms with E-state index in [2.05, 4.69) is 0 Å². The van der Waals surface area contributed by atoms with Gasteiger partial charge in [0.05, 0.1) is 0 Å². The van der Waals surface area contributed by atoms with Crippen molar-refractivity contribution in [3.63, 3.8) is 0 Å². The number of aromatic hydroxyl groups is 1. The van der Waals surface area contributed by atoms with Crippen LogP contribution in [-0.4, -0.2) is 16.0 Å². The summed E-state index contributed by atoms with van der Waals surface area (Å²) < 4.78 is 0. The van der Waals surface area contributed by atoms with Gasteiger partial charge in [0.1, 0.15) is 5.75 Å². The Morgan fingerprint density at radius 1 is 1.53 bits per heavy atom. The molecule has 1 rings (SSSR count). The molecule has 0 heterocycles. The summed E-state index contributed by atoms with van der Waals surface area (Å²) >= 11 is 7.21. The van der Waals surface area contributed by atoms with Gasteiger partial charge in [0.25, 0.3) is 0 Å². The van der Waals surface area contributed by atoms with Gasteiger partial charge in [-0.2, -0.15) is 0 Å². The fourth-order valence-corrected chi connectivity index (χ4v) is 2.19. The van der Waals surface area contributed by atoms with Crippen LogP contribution < -0.4 is 0 Å². The third-order valence-electron chi connectivity index (χ3n) is 2.18. The van der Waals surface area contributed by atoms with Crippen molar-refractivity contribution in [3.8, 4) is 5.75 Å². The van der Waals surface area contributed by atoms with Crippen LogP contribution >= 0.6 is 23.4 Å². The van der Waals surface area contributed by atoms with E-state index in [-0.39, 0.29) is 10.9 Å². The van der Waals surface area contributed by atoms with E-state index >= 15 is 0 Å². The molecule has 0 aliphatic heterocycles. The van der Waals surface area contributed by atoms with Crippen LogP contribution in [0.5, 0.6) is 5.75 Å². The summed E-state index contributed by atoms with van der Waals surface area (Å²) in [6.45, 7) is 3.37. The minimum absolute atomic E-state index is 0.125. The Balaban J connectivity index is 2.62. The van der Waals surface area contributed by atoms with Crippen molar-refractivity contribution in [3.05, 3.63) is 34.4 Å². The number of phenols is 1. The molecule has 0 radical (unpaired) electrons. The molecule has 92 valence electrons. The number of aryl methyl sites for hydroxylation is 1. The minimum Gasteiger partial charge on any atom is -0.507 e. The summed E-state index contributed by atoms with van der Waals surface area (Å²) in [4.78, 5) is 10.7. The van der Waals surface area contributed by atoms with E-state index in [9.17, 15) is 9.90 Å². The highest BCUT2D eigenvalue weighted by Crippen LogP contribution is 2.27. The van der Waals surface area contributed by atoms with E-state index in [1.54, 1.807) is 19.1 Å². The minimum atomic E-state index is 0.125. The normalized spacial score (nSPS) is 11.0. The maximum Gasteiger partial charge on any atom is 0.185 e. The first-order valence-electron chi connectivity index (χ1n) is 5.29. The fraction of sp³-hybridized carbons (Fsp3) is 0.308. The third-order valence-corrected chi connectivity index (χ3v) is 3.25. The van der Waals surface area contributed by atoms with Gasteiger partial charge in [-0.25, -0.2) is 0 Å². The van der Waals surface area contributed by atoms with Crippen LogP contribution in [0.4, 0.5) is 0 Å². The van der Waals surface area contributed by atoms with E-state index in [0.717, 1.165) is 17.7 Å². The highest BCUT2D eigenvalue weighted by molar-refractivity contribution is 8.13. The summed E-state index contributed by atoms with van der Waals surface area (Å²) in [7, 11) is 0. The zero-order valence-electron chi connectivity index (χ0n) is 9.87. The lowest BCUT2D eigenvalue weighted by atomic mass is 10.1. The Morgan fingerprint density at radius 2 is 2.24 bits per heavy atom. The van der Waals surface area contributed by atoms with Gasteiger partial charge >= 0.3 is 0 Å². The zero-order valence-corrected chi connectivity index (χ0v) is 11.4. The van der Waals surface area contributed by atoms with Crippen molar-refractivity contribution < 1.29 is 9.90 Å². The molecular formula is C13H15ClO2S. The number of hydrogen-bond donors (Lipinski definition) is 1. The van der Waals surface area contributed by atoms with E-state index in [0.29, 0.717) is 10.6 Å². The Labute approximate surface area is 111 Å². The predicted molar refractivity (Wildman–Crippen MR) is 74.6 cm³/mol. The maximum absolute atomic E-state index is 10.7. The molecular weight excluding hydrogens is 256 g/mol. The van der Waals surface area contributed by atoms with E-state index in [1.807, 2.05) is 19.1 Å². The molecule has 4 heteroatoms. The molecule has 0 saturated heterocycles. The van der Waals surface area contributed by atoms with Crippen molar-refractivity contribution in [1.29, 1.82) is 0 Å². The van der Waals surface area contributed by atoms with Crippen molar-refractivity contribution in [1.82, 2.24) is 0 Å². The summed E-state index contributed by atoms with van der Waals surface area (Å²) in [5, 5.41) is 10.5. The summed E-state index contributed by atoms with van der Waals surface area (Å²) in [6, 6.07) is 3.44. The first-order valence-corrected chi connectivity index (χ1v) is 6.66. The topological polar surface area (TPSA) is 37.3 Å². The lowest BCUT2D eigenvalue weighted by Gasteiger charge is -2.04. The molecule has 1 N–H and O–H groups in total. The Morgan fingerprint density at radius 3 is 2.88 bits per heavy atom. The van der Waals surface area contributed by atoms with Crippen LogP contribution in [0.2, 0.25) is 5.02 Å². The lowest BCUT2D eigenvalue weighted by molar-refractivity contribution is -0.109. The number of benzene rings is 1. The van der Waals surface area contributed by atoms with Crippen LogP contribution in [0.1, 0.15) is 24.5 Å². The summed E-state index contributed by atoms with van der Waals surface area (Å²) in [5.41, 5.74) is 1.47. The maximum atomic E-state index is 10.7. The van der Waals surface area contributed by atoms with E-state index < -0.39 is 0 Å². The molecule has 17 heavy (non-hydrogen) atoms. The highest BCUT2D eigenvalue weighted by atomic mass is 35.5. The van der Waals surface area contributed by atoms with Gasteiger partial charge in [0, 0.05) is 23.3 Å². The number of hydrogen-bond acceptors (Lipinski definition) is 3. The average molecular weight is 271 g/mol. The molecule has 0 atom stereocenters. The van der Waals surface area contributed by atoms with Gasteiger partial charge in [-0.3, -0.25) is 4.79 Å². The van der Waals surface area contributed by atoms with Crippen LogP contribution in [-0.2, 0) is 4.79 Å². The lowest BCUT2D eigenvalue weighted by Crippen LogP contribution is -1.84. The number of halogens is 1. The van der Waals surface area contributed by atoms with Gasteiger partial charge in [-0.1, -0.05) is 35.5 Å². The van der Waals surface area contributed by atoms with Gasteiger partial charge in [0.15, 0.2) is 5.12 Å². The summed E-state index contributed by atoms with van der Waals surface area (Å²) in [6.07, 6.45) is 4.55. The van der Waals surface area contributed by atoms with Crippen LogP contribution in [0.25, 0.3) is 6.08 Å². The van der Waals surface area contributed by atoms with Crippen molar-refractivity contribution in [2.45, 2.75) is 20.3 Å². The molecule has 0 aliphatic carbocycles. The van der Waals surface area contributed by atoms with Crippen molar-refractivity contribution in [2.75, 3.05) is 5.75 Å². The number of thioether (sulfide) groups is 1. The predicted octanol–water partition coefficient (Wildman–Crippen LogP) is 4.04. The molecule has 0 fully saturated rings. The number of allylic oxidation sites excluding steroid dienone is 1. The van der Waals surface area contributed by atoms with Gasteiger partial charge in [-0.05, 0) is 31.0 Å². The first kappa shape index (κ1) is 14.1. The number of phenolic OH excluding ortho intramolecular Hbond substituents is 1. The van der Waals surface area contributed by atoms with E-state index in [1.165, 1.54) is 11.8 Å². The number of rotatable bonds is 4. The second-order valence-corrected chi connectivity index (χ2v) is 5.40. The third kappa shape index (κ3) is 4.84. The standard InChI is InChI=1S/C13H15ClO2S/c1-9-7-12(14)8-11(13(9)16)5-3-4-6-17-10(2)15/h3,5,7-8,16H,4,6H2,1-2H3. The van der Waals surface area contributed by atoms with Crippen LogP contribution in [0, 0.1) is 6.92 Å². The van der Waals surface area contributed by atoms with Crippen LogP contribution in [0.15, 0.2) is 18.2 Å². The number of carbonyl (C=O) groups is 1. The van der Waals surface area contributed by atoms with Gasteiger partial charge < -0.3 is 5.11 Å². The molecule has 0 unspecified atom stereocenters. The SMILES string of the molecule is CC(=O)SCCC=Cc1cc(Cl)cc(C)c1O. The molecule has 0 spiro atoms. The monoisotopic (exact) mass is 270 g/mol. The number of carbonyl (C=O) groups excluding carboxylic acids is 1.